The molecule has 1 N–H and O–H groups in total. The molecule has 1 aliphatic heterocycles. The zero-order chi connectivity index (χ0) is 14.0. The van der Waals surface area contributed by atoms with Gasteiger partial charge in [-0.25, -0.2) is 10.4 Å². The van der Waals surface area contributed by atoms with Crippen LogP contribution in [0.15, 0.2) is 17.8 Å². The lowest BCUT2D eigenvalue weighted by Gasteiger charge is -2.19. The van der Waals surface area contributed by atoms with Gasteiger partial charge in [0.1, 0.15) is 18.1 Å². The summed E-state index contributed by atoms with van der Waals surface area (Å²) < 4.78 is 10.4. The van der Waals surface area contributed by atoms with E-state index in [-0.39, 0.29) is 6.04 Å². The molecular formula is C13H17N3O3. The normalized spacial score (nSPS) is 18.7. The molecule has 1 atom stereocenters. The average Bonchev–Trinajstić information content (AvgIpc) is 2.72. The summed E-state index contributed by atoms with van der Waals surface area (Å²) in [5.41, 5.74) is 5.70. The van der Waals surface area contributed by atoms with Crippen LogP contribution in [0.25, 0.3) is 5.70 Å². The Bertz CT molecular complexity index is 528. The molecule has 6 heteroatoms. The maximum Gasteiger partial charge on any atom is 0.216 e. The molecule has 0 saturated carbocycles. The van der Waals surface area contributed by atoms with Gasteiger partial charge in [0.05, 0.1) is 25.5 Å². The molecule has 2 heterocycles. The zero-order valence-corrected chi connectivity index (χ0v) is 11.4. The van der Waals surface area contributed by atoms with Crippen molar-refractivity contribution >= 4 is 12.0 Å². The number of carbonyl (C=O) groups is 1. The number of hydrogen-bond donors (Lipinski definition) is 1. The van der Waals surface area contributed by atoms with Gasteiger partial charge >= 0.3 is 0 Å². The first-order valence-electron chi connectivity index (χ1n) is 5.86. The first-order chi connectivity index (χ1) is 9.12. The summed E-state index contributed by atoms with van der Waals surface area (Å²) in [6.45, 7) is 1.91. The molecule has 0 aromatic carbocycles. The molecular weight excluding hydrogens is 246 g/mol. The highest BCUT2D eigenvalue weighted by Crippen LogP contribution is 2.34. The second kappa shape index (κ2) is 5.27. The SMILES string of the molecule is COc1cc(OC)c(C2=C(C)C(C=O)NN2C)cn1. The van der Waals surface area contributed by atoms with E-state index in [9.17, 15) is 4.79 Å². The number of aromatic nitrogens is 1. The van der Waals surface area contributed by atoms with Crippen LogP contribution in [0.1, 0.15) is 12.5 Å². The van der Waals surface area contributed by atoms with Gasteiger partial charge in [-0.2, -0.15) is 0 Å². The number of methoxy groups -OCH3 is 2. The Morgan fingerprint density at radius 1 is 1.42 bits per heavy atom. The molecule has 0 saturated heterocycles. The van der Waals surface area contributed by atoms with E-state index in [1.54, 1.807) is 31.5 Å². The molecule has 6 nitrogen and oxygen atoms in total. The van der Waals surface area contributed by atoms with E-state index in [2.05, 4.69) is 10.4 Å². The summed E-state index contributed by atoms with van der Waals surface area (Å²) in [6.07, 6.45) is 2.56. The van der Waals surface area contributed by atoms with Gasteiger partial charge in [-0.05, 0) is 12.5 Å². The molecule has 1 aromatic heterocycles. The Morgan fingerprint density at radius 2 is 2.16 bits per heavy atom. The fourth-order valence-corrected chi connectivity index (χ4v) is 2.18. The van der Waals surface area contributed by atoms with E-state index >= 15 is 0 Å². The maximum absolute atomic E-state index is 11.0. The Kier molecular flexibility index (Phi) is 3.71. The van der Waals surface area contributed by atoms with Crippen LogP contribution in [-0.2, 0) is 4.79 Å². The highest BCUT2D eigenvalue weighted by molar-refractivity contribution is 5.79. The van der Waals surface area contributed by atoms with Crippen molar-refractivity contribution < 1.29 is 14.3 Å². The molecule has 19 heavy (non-hydrogen) atoms. The second-order valence-electron chi connectivity index (χ2n) is 4.26. The van der Waals surface area contributed by atoms with Gasteiger partial charge in [0, 0.05) is 19.3 Å². The molecule has 0 spiro atoms. The quantitative estimate of drug-likeness (QED) is 0.812. The number of ether oxygens (including phenoxy) is 2. The largest absolute Gasteiger partial charge is 0.496 e. The summed E-state index contributed by atoms with van der Waals surface area (Å²) >= 11 is 0. The van der Waals surface area contributed by atoms with E-state index in [4.69, 9.17) is 9.47 Å². The Balaban J connectivity index is 2.52. The van der Waals surface area contributed by atoms with Crippen LogP contribution in [0.4, 0.5) is 0 Å². The van der Waals surface area contributed by atoms with Crippen molar-refractivity contribution in [1.82, 2.24) is 15.4 Å². The lowest BCUT2D eigenvalue weighted by Crippen LogP contribution is -2.35. The number of rotatable bonds is 4. The van der Waals surface area contributed by atoms with Gasteiger partial charge in [0.25, 0.3) is 0 Å². The van der Waals surface area contributed by atoms with E-state index in [0.29, 0.717) is 11.6 Å². The number of aldehydes is 1. The van der Waals surface area contributed by atoms with Crippen LogP contribution in [0.2, 0.25) is 0 Å². The molecule has 0 aliphatic carbocycles. The monoisotopic (exact) mass is 263 g/mol. The Labute approximate surface area is 112 Å². The fourth-order valence-electron chi connectivity index (χ4n) is 2.18. The van der Waals surface area contributed by atoms with Gasteiger partial charge in [0.15, 0.2) is 0 Å². The molecule has 1 aliphatic rings. The van der Waals surface area contributed by atoms with Gasteiger partial charge in [-0.1, -0.05) is 0 Å². The predicted octanol–water partition coefficient (Wildman–Crippen LogP) is 0.847. The lowest BCUT2D eigenvalue weighted by molar-refractivity contribution is -0.109. The van der Waals surface area contributed by atoms with Crippen LogP contribution in [0, 0.1) is 0 Å². The summed E-state index contributed by atoms with van der Waals surface area (Å²) in [7, 11) is 5.00. The van der Waals surface area contributed by atoms with Crippen molar-refractivity contribution in [3.05, 3.63) is 23.4 Å². The number of pyridine rings is 1. The third-order valence-electron chi connectivity index (χ3n) is 3.17. The van der Waals surface area contributed by atoms with E-state index < -0.39 is 0 Å². The third kappa shape index (κ3) is 2.26. The Morgan fingerprint density at radius 3 is 2.68 bits per heavy atom. The van der Waals surface area contributed by atoms with Crippen molar-refractivity contribution in [2.24, 2.45) is 0 Å². The first kappa shape index (κ1) is 13.4. The minimum Gasteiger partial charge on any atom is -0.496 e. The highest BCUT2D eigenvalue weighted by Gasteiger charge is 2.28. The second-order valence-corrected chi connectivity index (χ2v) is 4.26. The summed E-state index contributed by atoms with van der Waals surface area (Å²) in [5.74, 6) is 1.14. The van der Waals surface area contributed by atoms with Gasteiger partial charge in [-0.3, -0.25) is 0 Å². The zero-order valence-electron chi connectivity index (χ0n) is 11.4. The first-order valence-corrected chi connectivity index (χ1v) is 5.86. The fraction of sp³-hybridized carbons (Fsp3) is 0.385. The third-order valence-corrected chi connectivity index (χ3v) is 3.17. The molecule has 2 rings (SSSR count). The Hall–Kier alpha value is -2.08. The summed E-state index contributed by atoms with van der Waals surface area (Å²) in [5, 5.41) is 1.81. The van der Waals surface area contributed by atoms with Gasteiger partial charge < -0.3 is 19.3 Å². The standard InChI is InChI=1S/C13H17N3O3/c1-8-10(7-17)15-16(2)13(8)9-6-14-12(19-4)5-11(9)18-3/h5-7,10,15H,1-4H3. The molecule has 102 valence electrons. The lowest BCUT2D eigenvalue weighted by atomic mass is 10.1. The van der Waals surface area contributed by atoms with Gasteiger partial charge in [0.2, 0.25) is 5.88 Å². The number of hydrazine groups is 1. The van der Waals surface area contributed by atoms with E-state index in [1.807, 2.05) is 14.0 Å². The van der Waals surface area contributed by atoms with Gasteiger partial charge in [-0.15, -0.1) is 0 Å². The minimum absolute atomic E-state index is 0.313. The van der Waals surface area contributed by atoms with E-state index in [0.717, 1.165) is 23.1 Å². The van der Waals surface area contributed by atoms with Crippen molar-refractivity contribution in [3.8, 4) is 11.6 Å². The smallest absolute Gasteiger partial charge is 0.216 e. The predicted molar refractivity (Wildman–Crippen MR) is 70.7 cm³/mol. The minimum atomic E-state index is -0.313. The molecule has 1 aromatic rings. The van der Waals surface area contributed by atoms with Crippen LogP contribution in [-0.4, -0.2) is 43.6 Å². The van der Waals surface area contributed by atoms with Crippen LogP contribution >= 0.6 is 0 Å². The maximum atomic E-state index is 11.0. The number of nitrogens with zero attached hydrogens (tertiary/aromatic N) is 2. The topological polar surface area (TPSA) is 63.7 Å². The number of nitrogens with one attached hydrogen (secondary N) is 1. The van der Waals surface area contributed by atoms with E-state index in [1.165, 1.54) is 0 Å². The molecule has 0 amide bonds. The molecule has 0 radical (unpaired) electrons. The molecule has 0 fully saturated rings. The van der Waals surface area contributed by atoms with Crippen molar-refractivity contribution in [2.75, 3.05) is 21.3 Å². The van der Waals surface area contributed by atoms with Crippen molar-refractivity contribution in [1.29, 1.82) is 0 Å². The summed E-state index contributed by atoms with van der Waals surface area (Å²) in [4.78, 5) is 15.2. The summed E-state index contributed by atoms with van der Waals surface area (Å²) in [6, 6.07) is 1.41. The van der Waals surface area contributed by atoms with Crippen LogP contribution in [0.5, 0.6) is 11.6 Å². The average molecular weight is 263 g/mol. The van der Waals surface area contributed by atoms with Crippen molar-refractivity contribution in [2.45, 2.75) is 13.0 Å². The van der Waals surface area contributed by atoms with Crippen LogP contribution in [0.3, 0.4) is 0 Å². The molecule has 1 unspecified atom stereocenters. The van der Waals surface area contributed by atoms with Crippen LogP contribution < -0.4 is 14.9 Å². The highest BCUT2D eigenvalue weighted by atomic mass is 16.5. The molecule has 0 bridgehead atoms. The number of hydrogen-bond acceptors (Lipinski definition) is 6. The van der Waals surface area contributed by atoms with Crippen molar-refractivity contribution in [3.63, 3.8) is 0 Å². The number of carbonyl (C=O) groups excluding carboxylic acids is 1.